The second kappa shape index (κ2) is 9.12. The van der Waals surface area contributed by atoms with Crippen molar-refractivity contribution in [2.24, 2.45) is 5.92 Å². The molecule has 0 aliphatic carbocycles. The van der Waals surface area contributed by atoms with E-state index in [0.717, 1.165) is 68.7 Å². The summed E-state index contributed by atoms with van der Waals surface area (Å²) in [5.74, 6) is 1.30. The van der Waals surface area contributed by atoms with Gasteiger partial charge in [0.05, 0.1) is 6.61 Å². The number of carbonyl (C=O) groups excluding carboxylic acids is 2. The van der Waals surface area contributed by atoms with Crippen LogP contribution in [-0.4, -0.2) is 54.4 Å². The molecule has 0 saturated carbocycles. The summed E-state index contributed by atoms with van der Waals surface area (Å²) in [4.78, 5) is 29.0. The minimum atomic E-state index is 0.0973. The number of piperidine rings is 1. The molecule has 1 unspecified atom stereocenters. The van der Waals surface area contributed by atoms with Crippen LogP contribution in [0, 0.1) is 5.92 Å². The Balaban J connectivity index is 1.29. The molecule has 29 heavy (non-hydrogen) atoms. The normalized spacial score (nSPS) is 19.2. The van der Waals surface area contributed by atoms with E-state index in [1.54, 1.807) is 0 Å². The highest BCUT2D eigenvalue weighted by Crippen LogP contribution is 2.21. The highest BCUT2D eigenvalue weighted by molar-refractivity contribution is 5.94. The number of hydrogen-bond donors (Lipinski definition) is 0. The Kier molecular flexibility index (Phi) is 6.13. The third-order valence-electron chi connectivity index (χ3n) is 5.81. The van der Waals surface area contributed by atoms with Crippen LogP contribution in [0.3, 0.4) is 0 Å². The zero-order chi connectivity index (χ0) is 20.1. The number of ether oxygens (including phenoxy) is 1. The molecule has 2 aliphatic rings. The Morgan fingerprint density at radius 2 is 1.41 bits per heavy atom. The number of benzene rings is 2. The zero-order valence-corrected chi connectivity index (χ0v) is 16.8. The summed E-state index contributed by atoms with van der Waals surface area (Å²) in [6.07, 6.45) is 4.25. The highest BCUT2D eigenvalue weighted by Gasteiger charge is 2.25. The quantitative estimate of drug-likeness (QED) is 0.777. The Bertz CT molecular complexity index is 829. The van der Waals surface area contributed by atoms with Crippen molar-refractivity contribution in [1.29, 1.82) is 0 Å². The summed E-state index contributed by atoms with van der Waals surface area (Å²) in [7, 11) is 0. The lowest BCUT2D eigenvalue weighted by Crippen LogP contribution is -2.41. The molecule has 4 rings (SSSR count). The minimum Gasteiger partial charge on any atom is -0.493 e. The molecule has 0 bridgehead atoms. The van der Waals surface area contributed by atoms with Gasteiger partial charge in [0.15, 0.2) is 0 Å². The lowest BCUT2D eigenvalue weighted by Gasteiger charge is -2.32. The second-order valence-electron chi connectivity index (χ2n) is 7.96. The van der Waals surface area contributed by atoms with Gasteiger partial charge in [0.25, 0.3) is 11.8 Å². The van der Waals surface area contributed by atoms with E-state index in [0.29, 0.717) is 12.5 Å². The number of rotatable bonds is 5. The van der Waals surface area contributed by atoms with Crippen molar-refractivity contribution in [3.63, 3.8) is 0 Å². The Morgan fingerprint density at radius 3 is 2.14 bits per heavy atom. The Labute approximate surface area is 172 Å². The van der Waals surface area contributed by atoms with Crippen LogP contribution in [0.1, 0.15) is 46.4 Å². The van der Waals surface area contributed by atoms with E-state index in [1.165, 1.54) is 0 Å². The Hall–Kier alpha value is -2.82. The van der Waals surface area contributed by atoms with Gasteiger partial charge in [-0.25, -0.2) is 0 Å². The topological polar surface area (TPSA) is 49.9 Å². The van der Waals surface area contributed by atoms with E-state index >= 15 is 0 Å². The molecule has 2 heterocycles. The lowest BCUT2D eigenvalue weighted by molar-refractivity contribution is 0.0633. The van der Waals surface area contributed by atoms with Crippen LogP contribution >= 0.6 is 0 Å². The molecule has 2 amide bonds. The number of hydrogen-bond acceptors (Lipinski definition) is 3. The van der Waals surface area contributed by atoms with Gasteiger partial charge >= 0.3 is 0 Å². The van der Waals surface area contributed by atoms with Crippen molar-refractivity contribution in [1.82, 2.24) is 9.80 Å². The van der Waals surface area contributed by atoms with Crippen LogP contribution in [0.25, 0.3) is 0 Å². The summed E-state index contributed by atoms with van der Waals surface area (Å²) < 4.78 is 5.98. The van der Waals surface area contributed by atoms with Gasteiger partial charge in [-0.15, -0.1) is 0 Å². The second-order valence-corrected chi connectivity index (χ2v) is 7.96. The maximum atomic E-state index is 12.7. The van der Waals surface area contributed by atoms with E-state index in [-0.39, 0.29) is 11.8 Å². The third-order valence-corrected chi connectivity index (χ3v) is 5.81. The van der Waals surface area contributed by atoms with Crippen molar-refractivity contribution < 1.29 is 14.3 Å². The first-order valence-electron chi connectivity index (χ1n) is 10.6. The minimum absolute atomic E-state index is 0.0973. The molecule has 2 aromatic rings. The van der Waals surface area contributed by atoms with Gasteiger partial charge < -0.3 is 14.5 Å². The number of nitrogens with zero attached hydrogens (tertiary/aromatic N) is 2. The first-order valence-corrected chi connectivity index (χ1v) is 10.6. The SMILES string of the molecule is O=C(c1ccc(OCC2CCCN(C(=O)c3ccccc3)C2)cc1)N1CCCC1. The van der Waals surface area contributed by atoms with Crippen molar-refractivity contribution in [3.8, 4) is 5.75 Å². The van der Waals surface area contributed by atoms with Gasteiger partial charge in [-0.1, -0.05) is 18.2 Å². The van der Waals surface area contributed by atoms with Crippen LogP contribution < -0.4 is 4.74 Å². The van der Waals surface area contributed by atoms with Crippen LogP contribution in [0.5, 0.6) is 5.75 Å². The Morgan fingerprint density at radius 1 is 0.793 bits per heavy atom. The van der Waals surface area contributed by atoms with Crippen molar-refractivity contribution in [2.45, 2.75) is 25.7 Å². The van der Waals surface area contributed by atoms with Crippen LogP contribution in [0.15, 0.2) is 54.6 Å². The molecule has 2 saturated heterocycles. The summed E-state index contributed by atoms with van der Waals surface area (Å²) in [6.45, 7) is 3.82. The predicted molar refractivity (Wildman–Crippen MR) is 112 cm³/mol. The average Bonchev–Trinajstić information content (AvgIpc) is 3.33. The van der Waals surface area contributed by atoms with Crippen molar-refractivity contribution in [3.05, 3.63) is 65.7 Å². The monoisotopic (exact) mass is 392 g/mol. The molecule has 152 valence electrons. The lowest BCUT2D eigenvalue weighted by atomic mass is 9.98. The van der Waals surface area contributed by atoms with Gasteiger partial charge in [-0.3, -0.25) is 9.59 Å². The van der Waals surface area contributed by atoms with E-state index < -0.39 is 0 Å². The molecular formula is C24H28N2O3. The summed E-state index contributed by atoms with van der Waals surface area (Å²) in [5, 5.41) is 0. The molecule has 0 radical (unpaired) electrons. The molecule has 2 aliphatic heterocycles. The van der Waals surface area contributed by atoms with E-state index in [2.05, 4.69) is 0 Å². The predicted octanol–water partition coefficient (Wildman–Crippen LogP) is 3.85. The van der Waals surface area contributed by atoms with Gasteiger partial charge in [0.2, 0.25) is 0 Å². The van der Waals surface area contributed by atoms with E-state index in [1.807, 2.05) is 64.4 Å². The molecule has 5 heteroatoms. The van der Waals surface area contributed by atoms with Crippen LogP contribution in [0.2, 0.25) is 0 Å². The molecule has 0 aromatic heterocycles. The van der Waals surface area contributed by atoms with Gasteiger partial charge in [-0.05, 0) is 62.1 Å². The molecule has 2 fully saturated rings. The van der Waals surface area contributed by atoms with Gasteiger partial charge in [0.1, 0.15) is 5.75 Å². The number of amides is 2. The fourth-order valence-electron chi connectivity index (χ4n) is 4.16. The van der Waals surface area contributed by atoms with Gasteiger partial charge in [0, 0.05) is 43.2 Å². The highest BCUT2D eigenvalue weighted by atomic mass is 16.5. The first-order chi connectivity index (χ1) is 14.2. The van der Waals surface area contributed by atoms with E-state index in [4.69, 9.17) is 4.74 Å². The largest absolute Gasteiger partial charge is 0.493 e. The van der Waals surface area contributed by atoms with Crippen molar-refractivity contribution >= 4 is 11.8 Å². The number of likely N-dealkylation sites (tertiary alicyclic amines) is 2. The third kappa shape index (κ3) is 4.78. The zero-order valence-electron chi connectivity index (χ0n) is 16.8. The fourth-order valence-corrected chi connectivity index (χ4v) is 4.16. The summed E-state index contributed by atoms with van der Waals surface area (Å²) in [5.41, 5.74) is 1.46. The smallest absolute Gasteiger partial charge is 0.253 e. The maximum absolute atomic E-state index is 12.7. The summed E-state index contributed by atoms with van der Waals surface area (Å²) >= 11 is 0. The number of carbonyl (C=O) groups is 2. The van der Waals surface area contributed by atoms with E-state index in [9.17, 15) is 9.59 Å². The molecule has 0 N–H and O–H groups in total. The molecule has 1 atom stereocenters. The summed E-state index contributed by atoms with van der Waals surface area (Å²) in [6, 6.07) is 16.9. The van der Waals surface area contributed by atoms with Crippen LogP contribution in [-0.2, 0) is 0 Å². The average molecular weight is 392 g/mol. The maximum Gasteiger partial charge on any atom is 0.253 e. The molecule has 2 aromatic carbocycles. The van der Waals surface area contributed by atoms with Crippen molar-refractivity contribution in [2.75, 3.05) is 32.8 Å². The van der Waals surface area contributed by atoms with Gasteiger partial charge in [-0.2, -0.15) is 0 Å². The standard InChI is InChI=1S/C24H28N2O3/c27-23(25-14-4-5-15-25)21-10-12-22(13-11-21)29-18-19-7-6-16-26(17-19)24(28)20-8-2-1-3-9-20/h1-3,8-13,19H,4-7,14-18H2. The first kappa shape index (κ1) is 19.5. The fraction of sp³-hybridized carbons (Fsp3) is 0.417. The molecule has 5 nitrogen and oxygen atoms in total. The molecular weight excluding hydrogens is 364 g/mol. The van der Waals surface area contributed by atoms with Crippen LogP contribution in [0.4, 0.5) is 0 Å². The molecule has 0 spiro atoms.